The number of methoxy groups -OCH3 is 1. The largest absolute Gasteiger partial charge is 0.465 e. The van der Waals surface area contributed by atoms with Crippen LogP contribution in [-0.4, -0.2) is 24.9 Å². The van der Waals surface area contributed by atoms with Crippen LogP contribution in [0.2, 0.25) is 0 Å². The number of hydrogen-bond donors (Lipinski definition) is 1. The van der Waals surface area contributed by atoms with Crippen LogP contribution in [0, 0.1) is 0 Å². The number of imide groups is 1. The Kier molecular flexibility index (Phi) is 2.99. The van der Waals surface area contributed by atoms with E-state index in [9.17, 15) is 14.4 Å². The van der Waals surface area contributed by atoms with Gasteiger partial charge in [-0.3, -0.25) is 9.59 Å². The highest BCUT2D eigenvalue weighted by Crippen LogP contribution is 2.35. The lowest BCUT2D eigenvalue weighted by atomic mass is 10.1. The minimum absolute atomic E-state index is 0.171. The number of hydrogen-bond acceptors (Lipinski definition) is 6. The van der Waals surface area contributed by atoms with Crippen molar-refractivity contribution in [2.24, 2.45) is 0 Å². The van der Waals surface area contributed by atoms with Gasteiger partial charge in [-0.05, 0) is 23.6 Å². The smallest absolute Gasteiger partial charge is 0.350 e. The number of carbonyl (C=O) groups is 3. The van der Waals surface area contributed by atoms with Crippen molar-refractivity contribution in [3.05, 3.63) is 45.6 Å². The third-order valence-corrected chi connectivity index (χ3v) is 4.09. The lowest BCUT2D eigenvalue weighted by Gasteiger charge is -2.13. The fourth-order valence-corrected chi connectivity index (χ4v) is 3.05. The molecule has 0 spiro atoms. The van der Waals surface area contributed by atoms with Crippen LogP contribution in [0.1, 0.15) is 30.4 Å². The molecular weight excluding hydrogens is 292 g/mol. The van der Waals surface area contributed by atoms with E-state index in [1.807, 2.05) is 0 Å². The highest BCUT2D eigenvalue weighted by atomic mass is 32.1. The second-order valence-corrected chi connectivity index (χ2v) is 5.26. The number of nitrogens with zero attached hydrogens (tertiary/aromatic N) is 1. The van der Waals surface area contributed by atoms with Crippen molar-refractivity contribution in [2.75, 3.05) is 17.7 Å². The maximum Gasteiger partial charge on any atom is 0.350 e. The molecule has 0 unspecified atom stereocenters. The van der Waals surface area contributed by atoms with Gasteiger partial charge in [0, 0.05) is 5.69 Å². The van der Waals surface area contributed by atoms with Crippen LogP contribution >= 0.6 is 11.3 Å². The zero-order valence-electron chi connectivity index (χ0n) is 11.0. The number of nitrogen functional groups attached to an aromatic ring is 1. The standard InChI is InChI=1S/C14H10N2O4S/c1-20-14(19)11-9(5-6-21-11)16-12(17)7-3-2-4-8(15)10(7)13(16)18/h2-6H,15H2,1H3. The molecule has 0 saturated carbocycles. The van der Waals surface area contributed by atoms with Crippen molar-refractivity contribution in [3.8, 4) is 0 Å². The van der Waals surface area contributed by atoms with E-state index in [2.05, 4.69) is 4.74 Å². The number of esters is 1. The quantitative estimate of drug-likeness (QED) is 0.520. The van der Waals surface area contributed by atoms with E-state index in [1.165, 1.54) is 19.2 Å². The summed E-state index contributed by atoms with van der Waals surface area (Å²) in [6, 6.07) is 6.24. The van der Waals surface area contributed by atoms with Crippen LogP contribution < -0.4 is 10.6 Å². The van der Waals surface area contributed by atoms with E-state index in [0.29, 0.717) is 0 Å². The van der Waals surface area contributed by atoms with Crippen molar-refractivity contribution in [2.45, 2.75) is 0 Å². The van der Waals surface area contributed by atoms with Gasteiger partial charge in [-0.25, -0.2) is 9.69 Å². The lowest BCUT2D eigenvalue weighted by Crippen LogP contribution is -2.30. The monoisotopic (exact) mass is 302 g/mol. The second-order valence-electron chi connectivity index (χ2n) is 4.34. The Labute approximate surface area is 123 Å². The predicted molar refractivity (Wildman–Crippen MR) is 77.7 cm³/mol. The van der Waals surface area contributed by atoms with Crippen molar-refractivity contribution >= 4 is 40.5 Å². The Balaban J connectivity index is 2.13. The fourth-order valence-electron chi connectivity index (χ4n) is 2.25. The highest BCUT2D eigenvalue weighted by Gasteiger charge is 2.40. The summed E-state index contributed by atoms with van der Waals surface area (Å²) in [4.78, 5) is 37.8. The third-order valence-electron chi connectivity index (χ3n) is 3.20. The van der Waals surface area contributed by atoms with Crippen molar-refractivity contribution in [3.63, 3.8) is 0 Å². The van der Waals surface area contributed by atoms with Crippen LogP contribution in [0.25, 0.3) is 0 Å². The molecule has 7 heteroatoms. The van der Waals surface area contributed by atoms with Gasteiger partial charge in [0.15, 0.2) is 0 Å². The first kappa shape index (κ1) is 13.3. The molecule has 2 aromatic rings. The normalized spacial score (nSPS) is 13.5. The molecule has 6 nitrogen and oxygen atoms in total. The van der Waals surface area contributed by atoms with Crippen LogP contribution in [0.3, 0.4) is 0 Å². The van der Waals surface area contributed by atoms with E-state index < -0.39 is 17.8 Å². The van der Waals surface area contributed by atoms with E-state index in [4.69, 9.17) is 5.73 Å². The molecule has 0 atom stereocenters. The number of thiophene rings is 1. The summed E-state index contributed by atoms with van der Waals surface area (Å²) in [7, 11) is 1.24. The Morgan fingerprint density at radius 1 is 1.24 bits per heavy atom. The average molecular weight is 302 g/mol. The van der Waals surface area contributed by atoms with Gasteiger partial charge in [-0.2, -0.15) is 0 Å². The Bertz CT molecular complexity index is 781. The maximum absolute atomic E-state index is 12.5. The minimum atomic E-state index is -0.593. The second kappa shape index (κ2) is 4.71. The summed E-state index contributed by atoms with van der Waals surface area (Å²) < 4.78 is 4.66. The molecule has 0 aliphatic carbocycles. The molecule has 1 aliphatic heterocycles. The van der Waals surface area contributed by atoms with Crippen molar-refractivity contribution in [1.29, 1.82) is 0 Å². The topological polar surface area (TPSA) is 89.7 Å². The summed E-state index contributed by atoms with van der Waals surface area (Å²) >= 11 is 1.10. The van der Waals surface area contributed by atoms with Crippen molar-refractivity contribution < 1.29 is 19.1 Å². The first-order chi connectivity index (χ1) is 10.1. The zero-order valence-corrected chi connectivity index (χ0v) is 11.8. The van der Waals surface area contributed by atoms with E-state index in [-0.39, 0.29) is 27.4 Å². The van der Waals surface area contributed by atoms with Crippen LogP contribution in [0.4, 0.5) is 11.4 Å². The zero-order chi connectivity index (χ0) is 15.1. The number of benzene rings is 1. The van der Waals surface area contributed by atoms with E-state index >= 15 is 0 Å². The number of ether oxygens (including phenoxy) is 1. The van der Waals surface area contributed by atoms with Gasteiger partial charge in [0.1, 0.15) is 4.88 Å². The molecule has 1 aromatic carbocycles. The Morgan fingerprint density at radius 3 is 2.67 bits per heavy atom. The fraction of sp³-hybridized carbons (Fsp3) is 0.0714. The molecule has 3 rings (SSSR count). The average Bonchev–Trinajstić information content (AvgIpc) is 3.03. The number of nitrogens with two attached hydrogens (primary N) is 1. The number of amides is 2. The van der Waals surface area contributed by atoms with Gasteiger partial charge in [0.05, 0.1) is 23.9 Å². The molecule has 21 heavy (non-hydrogen) atoms. The summed E-state index contributed by atoms with van der Waals surface area (Å²) in [6.07, 6.45) is 0. The van der Waals surface area contributed by atoms with Gasteiger partial charge >= 0.3 is 5.97 Å². The van der Waals surface area contributed by atoms with Gasteiger partial charge in [-0.1, -0.05) is 6.07 Å². The molecule has 2 heterocycles. The first-order valence-electron chi connectivity index (χ1n) is 5.99. The minimum Gasteiger partial charge on any atom is -0.465 e. The van der Waals surface area contributed by atoms with E-state index in [1.54, 1.807) is 17.5 Å². The molecular formula is C14H10N2O4S. The number of anilines is 2. The van der Waals surface area contributed by atoms with Crippen LogP contribution in [0.5, 0.6) is 0 Å². The predicted octanol–water partition coefficient (Wildman–Crippen LogP) is 1.92. The molecule has 2 N–H and O–H groups in total. The van der Waals surface area contributed by atoms with Gasteiger partial charge in [0.2, 0.25) is 0 Å². The summed E-state index contributed by atoms with van der Waals surface area (Å²) in [5.74, 6) is -1.62. The number of carbonyl (C=O) groups excluding carboxylic acids is 3. The summed E-state index contributed by atoms with van der Waals surface area (Å²) in [6.45, 7) is 0. The van der Waals surface area contributed by atoms with Crippen molar-refractivity contribution in [1.82, 2.24) is 0 Å². The molecule has 1 aromatic heterocycles. The van der Waals surface area contributed by atoms with Crippen LogP contribution in [-0.2, 0) is 4.74 Å². The molecule has 0 saturated heterocycles. The molecule has 0 fully saturated rings. The maximum atomic E-state index is 12.5. The van der Waals surface area contributed by atoms with Gasteiger partial charge in [0.25, 0.3) is 11.8 Å². The molecule has 0 bridgehead atoms. The number of rotatable bonds is 2. The summed E-state index contributed by atoms with van der Waals surface area (Å²) in [5, 5.41) is 1.62. The Morgan fingerprint density at radius 2 is 2.00 bits per heavy atom. The Hall–Kier alpha value is -2.67. The first-order valence-corrected chi connectivity index (χ1v) is 6.87. The number of fused-ring (bicyclic) bond motifs is 1. The molecule has 2 amide bonds. The van der Waals surface area contributed by atoms with E-state index in [0.717, 1.165) is 16.2 Å². The lowest BCUT2D eigenvalue weighted by molar-refractivity contribution is 0.0607. The third kappa shape index (κ3) is 1.82. The van der Waals surface area contributed by atoms with Gasteiger partial charge < -0.3 is 10.5 Å². The van der Waals surface area contributed by atoms with Crippen LogP contribution in [0.15, 0.2) is 29.6 Å². The summed E-state index contributed by atoms with van der Waals surface area (Å²) in [5.41, 5.74) is 6.64. The SMILES string of the molecule is COC(=O)c1sccc1N1C(=O)c2cccc(N)c2C1=O. The highest BCUT2D eigenvalue weighted by molar-refractivity contribution is 7.12. The molecule has 106 valence electrons. The van der Waals surface area contributed by atoms with Gasteiger partial charge in [-0.15, -0.1) is 11.3 Å². The molecule has 1 aliphatic rings. The molecule has 0 radical (unpaired) electrons.